The molecule has 2 N–H and O–H groups in total. The predicted molar refractivity (Wildman–Crippen MR) is 73.0 cm³/mol. The molecule has 6 heteroatoms. The first-order chi connectivity index (χ1) is 9.01. The average Bonchev–Trinajstić information content (AvgIpc) is 3.02. The van der Waals surface area contributed by atoms with Crippen LogP contribution < -0.4 is 10.6 Å². The molecule has 0 radical (unpaired) electrons. The number of ether oxygens (including phenoxy) is 1. The van der Waals surface area contributed by atoms with Gasteiger partial charge in [0.05, 0.1) is 30.1 Å². The third-order valence-electron chi connectivity index (χ3n) is 3.50. The van der Waals surface area contributed by atoms with E-state index in [9.17, 15) is 4.79 Å². The lowest BCUT2D eigenvalue weighted by atomic mass is 10.1. The number of hydrogen-bond donors (Lipinski definition) is 2. The Kier molecular flexibility index (Phi) is 4.21. The van der Waals surface area contributed by atoms with E-state index >= 15 is 0 Å². The molecule has 1 aromatic rings. The molecule has 0 saturated carbocycles. The summed E-state index contributed by atoms with van der Waals surface area (Å²) in [5, 5.41) is 10.1. The molecule has 106 valence electrons. The van der Waals surface area contributed by atoms with Crippen molar-refractivity contribution in [2.45, 2.75) is 44.9 Å². The third-order valence-corrected chi connectivity index (χ3v) is 3.50. The Morgan fingerprint density at radius 2 is 2.42 bits per heavy atom. The van der Waals surface area contributed by atoms with Crippen LogP contribution in [0.5, 0.6) is 0 Å². The molecule has 6 nitrogen and oxygen atoms in total. The van der Waals surface area contributed by atoms with E-state index in [4.69, 9.17) is 4.74 Å². The Hall–Kier alpha value is -1.40. The van der Waals surface area contributed by atoms with Crippen LogP contribution in [-0.2, 0) is 16.1 Å². The van der Waals surface area contributed by atoms with E-state index in [-0.39, 0.29) is 12.0 Å². The van der Waals surface area contributed by atoms with Crippen LogP contribution in [0.25, 0.3) is 0 Å². The quantitative estimate of drug-likeness (QED) is 0.834. The Bertz CT molecular complexity index is 436. The van der Waals surface area contributed by atoms with E-state index in [0.717, 1.165) is 26.0 Å². The molecule has 2 rings (SSSR count). The van der Waals surface area contributed by atoms with Gasteiger partial charge in [-0.3, -0.25) is 9.48 Å². The van der Waals surface area contributed by atoms with Crippen LogP contribution in [0.4, 0.5) is 5.69 Å². The standard InChI is InChI=1S/C13H22N4O2/c1-13(2,14-3)12(18)16-10-7-15-17(8-10)9-11-5-4-6-19-11/h7-8,11,14H,4-6,9H2,1-3H3,(H,16,18). The van der Waals surface area contributed by atoms with E-state index in [1.54, 1.807) is 13.2 Å². The molecule has 1 aliphatic rings. The van der Waals surface area contributed by atoms with Gasteiger partial charge in [0.2, 0.25) is 5.91 Å². The van der Waals surface area contributed by atoms with Crippen LogP contribution in [0.3, 0.4) is 0 Å². The molecule has 1 unspecified atom stereocenters. The first-order valence-electron chi connectivity index (χ1n) is 6.65. The van der Waals surface area contributed by atoms with Gasteiger partial charge in [0, 0.05) is 12.8 Å². The summed E-state index contributed by atoms with van der Waals surface area (Å²) in [7, 11) is 1.76. The lowest BCUT2D eigenvalue weighted by Crippen LogP contribution is -2.47. The summed E-state index contributed by atoms with van der Waals surface area (Å²) in [4.78, 5) is 12.0. The molecule has 1 saturated heterocycles. The molecular weight excluding hydrogens is 244 g/mol. The highest BCUT2D eigenvalue weighted by molar-refractivity contribution is 5.97. The Morgan fingerprint density at radius 3 is 3.05 bits per heavy atom. The van der Waals surface area contributed by atoms with Crippen molar-refractivity contribution >= 4 is 11.6 Å². The number of aromatic nitrogens is 2. The van der Waals surface area contributed by atoms with Gasteiger partial charge in [-0.25, -0.2) is 0 Å². The zero-order valence-corrected chi connectivity index (χ0v) is 11.8. The Balaban J connectivity index is 1.91. The van der Waals surface area contributed by atoms with Gasteiger partial charge in [0.25, 0.3) is 0 Å². The summed E-state index contributed by atoms with van der Waals surface area (Å²) >= 11 is 0. The fourth-order valence-corrected chi connectivity index (χ4v) is 1.93. The van der Waals surface area contributed by atoms with Crippen molar-refractivity contribution in [1.82, 2.24) is 15.1 Å². The second-order valence-electron chi connectivity index (χ2n) is 5.42. The maximum atomic E-state index is 12.0. The molecule has 1 amide bonds. The first kappa shape index (κ1) is 14.0. The van der Waals surface area contributed by atoms with Crippen molar-refractivity contribution in [2.75, 3.05) is 19.0 Å². The smallest absolute Gasteiger partial charge is 0.244 e. The van der Waals surface area contributed by atoms with E-state index in [2.05, 4.69) is 15.7 Å². The molecule has 2 heterocycles. The van der Waals surface area contributed by atoms with Crippen molar-refractivity contribution in [1.29, 1.82) is 0 Å². The molecule has 0 spiro atoms. The SMILES string of the molecule is CNC(C)(C)C(=O)Nc1cnn(CC2CCCO2)c1. The van der Waals surface area contributed by atoms with Gasteiger partial charge < -0.3 is 15.4 Å². The molecule has 1 atom stereocenters. The number of rotatable bonds is 5. The molecule has 1 aliphatic heterocycles. The van der Waals surface area contributed by atoms with Gasteiger partial charge in [-0.05, 0) is 33.7 Å². The van der Waals surface area contributed by atoms with Crippen molar-refractivity contribution < 1.29 is 9.53 Å². The zero-order chi connectivity index (χ0) is 13.9. The summed E-state index contributed by atoms with van der Waals surface area (Å²) < 4.78 is 7.38. The van der Waals surface area contributed by atoms with Gasteiger partial charge in [-0.2, -0.15) is 5.10 Å². The summed E-state index contributed by atoms with van der Waals surface area (Å²) in [6.45, 7) is 5.25. The van der Waals surface area contributed by atoms with Crippen LogP contribution in [-0.4, -0.2) is 41.0 Å². The van der Waals surface area contributed by atoms with E-state index < -0.39 is 5.54 Å². The van der Waals surface area contributed by atoms with Crippen LogP contribution in [0.1, 0.15) is 26.7 Å². The van der Waals surface area contributed by atoms with Crippen molar-refractivity contribution in [3.05, 3.63) is 12.4 Å². The van der Waals surface area contributed by atoms with Gasteiger partial charge in [-0.15, -0.1) is 0 Å². The number of amides is 1. The number of hydrogen-bond acceptors (Lipinski definition) is 4. The highest BCUT2D eigenvalue weighted by Gasteiger charge is 2.25. The number of likely N-dealkylation sites (N-methyl/N-ethyl adjacent to an activating group) is 1. The monoisotopic (exact) mass is 266 g/mol. The van der Waals surface area contributed by atoms with Crippen LogP contribution in [0, 0.1) is 0 Å². The fraction of sp³-hybridized carbons (Fsp3) is 0.692. The zero-order valence-electron chi connectivity index (χ0n) is 11.8. The molecule has 19 heavy (non-hydrogen) atoms. The second kappa shape index (κ2) is 5.71. The fourth-order valence-electron chi connectivity index (χ4n) is 1.93. The highest BCUT2D eigenvalue weighted by atomic mass is 16.5. The largest absolute Gasteiger partial charge is 0.376 e. The Morgan fingerprint density at radius 1 is 1.63 bits per heavy atom. The summed E-state index contributed by atoms with van der Waals surface area (Å²) in [5.74, 6) is -0.0772. The molecule has 0 bridgehead atoms. The minimum atomic E-state index is -0.601. The van der Waals surface area contributed by atoms with Gasteiger partial charge in [-0.1, -0.05) is 0 Å². The summed E-state index contributed by atoms with van der Waals surface area (Å²) in [6, 6.07) is 0. The lowest BCUT2D eigenvalue weighted by molar-refractivity contribution is -0.121. The molecule has 1 fully saturated rings. The van der Waals surface area contributed by atoms with Gasteiger partial charge >= 0.3 is 0 Å². The third kappa shape index (κ3) is 3.54. The molecule has 0 aromatic carbocycles. The van der Waals surface area contributed by atoms with Crippen LogP contribution in [0.2, 0.25) is 0 Å². The number of nitrogens with zero attached hydrogens (tertiary/aromatic N) is 2. The Labute approximate surface area is 113 Å². The minimum absolute atomic E-state index is 0.0772. The maximum absolute atomic E-state index is 12.0. The summed E-state index contributed by atoms with van der Waals surface area (Å²) in [6.07, 6.45) is 5.95. The molecule has 1 aromatic heterocycles. The maximum Gasteiger partial charge on any atom is 0.244 e. The first-order valence-corrected chi connectivity index (χ1v) is 6.65. The van der Waals surface area contributed by atoms with Crippen molar-refractivity contribution in [3.8, 4) is 0 Å². The lowest BCUT2D eigenvalue weighted by Gasteiger charge is -2.22. The minimum Gasteiger partial charge on any atom is -0.376 e. The van der Waals surface area contributed by atoms with Gasteiger partial charge in [0.1, 0.15) is 0 Å². The number of carbonyl (C=O) groups excluding carboxylic acids is 1. The number of nitrogens with one attached hydrogen (secondary N) is 2. The normalized spacial score (nSPS) is 19.6. The number of anilines is 1. The number of carbonyl (C=O) groups is 1. The van der Waals surface area contributed by atoms with Crippen LogP contribution in [0.15, 0.2) is 12.4 Å². The van der Waals surface area contributed by atoms with E-state index in [1.807, 2.05) is 24.7 Å². The topological polar surface area (TPSA) is 68.2 Å². The van der Waals surface area contributed by atoms with Gasteiger partial charge in [0.15, 0.2) is 0 Å². The molecule has 0 aliphatic carbocycles. The molecular formula is C13H22N4O2. The average molecular weight is 266 g/mol. The van der Waals surface area contributed by atoms with E-state index in [1.165, 1.54) is 0 Å². The van der Waals surface area contributed by atoms with Crippen molar-refractivity contribution in [3.63, 3.8) is 0 Å². The van der Waals surface area contributed by atoms with Crippen molar-refractivity contribution in [2.24, 2.45) is 0 Å². The van der Waals surface area contributed by atoms with Crippen LogP contribution >= 0.6 is 0 Å². The highest BCUT2D eigenvalue weighted by Crippen LogP contribution is 2.15. The summed E-state index contributed by atoms with van der Waals surface area (Å²) in [5.41, 5.74) is 0.114. The second-order valence-corrected chi connectivity index (χ2v) is 5.42. The predicted octanol–water partition coefficient (Wildman–Crippen LogP) is 0.999. The van der Waals surface area contributed by atoms with E-state index in [0.29, 0.717) is 5.69 Å².